The summed E-state index contributed by atoms with van der Waals surface area (Å²) < 4.78 is 0. The third-order valence-electron chi connectivity index (χ3n) is 5.29. The van der Waals surface area contributed by atoms with E-state index in [4.69, 9.17) is 0 Å². The highest BCUT2D eigenvalue weighted by Gasteiger charge is 2.07. The van der Waals surface area contributed by atoms with E-state index in [1.54, 1.807) is 0 Å². The molecule has 0 saturated carbocycles. The van der Waals surface area contributed by atoms with E-state index in [-0.39, 0.29) is 0 Å². The summed E-state index contributed by atoms with van der Waals surface area (Å²) in [5, 5.41) is 6.12. The first kappa shape index (κ1) is 17.3. The number of benzene rings is 5. The van der Waals surface area contributed by atoms with Crippen LogP contribution in [0.2, 0.25) is 0 Å². The molecule has 1 heteroatoms. The summed E-state index contributed by atoms with van der Waals surface area (Å²) in [4.78, 5) is 0. The van der Waals surface area contributed by atoms with Gasteiger partial charge in [-0.25, -0.2) is 0 Å². The van der Waals surface area contributed by atoms with E-state index in [1.807, 2.05) is 6.07 Å². The monoisotopic (exact) mass is 371 g/mol. The van der Waals surface area contributed by atoms with Crippen LogP contribution in [0.3, 0.4) is 0 Å². The topological polar surface area (TPSA) is 12.0 Å². The summed E-state index contributed by atoms with van der Waals surface area (Å²) in [5.41, 5.74) is 7.09. The van der Waals surface area contributed by atoms with Crippen LogP contribution in [0, 0.1) is 0 Å². The number of nitrogens with one attached hydrogen (secondary N) is 1. The second-order valence-corrected chi connectivity index (χ2v) is 7.14. The molecule has 138 valence electrons. The van der Waals surface area contributed by atoms with Gasteiger partial charge in [0, 0.05) is 22.3 Å². The zero-order valence-electron chi connectivity index (χ0n) is 16.0. The maximum Gasteiger partial charge on any atom is 0.0464 e. The Balaban J connectivity index is 1.51. The predicted octanol–water partition coefficient (Wildman–Crippen LogP) is 7.92. The van der Waals surface area contributed by atoms with E-state index in [0.717, 1.165) is 11.4 Å². The van der Waals surface area contributed by atoms with Gasteiger partial charge in [0.15, 0.2) is 0 Å². The van der Waals surface area contributed by atoms with Crippen LogP contribution in [0.5, 0.6) is 0 Å². The summed E-state index contributed by atoms with van der Waals surface area (Å²) in [7, 11) is 0. The Bertz CT molecular complexity index is 1250. The SMILES string of the molecule is c1ccc(-c2ccc(-c3ccccc3Nc3cccc4ccccc34)cc2)cc1. The fraction of sp³-hybridized carbons (Fsp3) is 0. The maximum atomic E-state index is 3.66. The summed E-state index contributed by atoms with van der Waals surface area (Å²) in [6.45, 7) is 0. The highest BCUT2D eigenvalue weighted by atomic mass is 14.9. The van der Waals surface area contributed by atoms with Gasteiger partial charge in [-0.05, 0) is 34.2 Å². The van der Waals surface area contributed by atoms with E-state index in [2.05, 4.69) is 121 Å². The lowest BCUT2D eigenvalue weighted by Gasteiger charge is -2.14. The Kier molecular flexibility index (Phi) is 4.56. The molecule has 29 heavy (non-hydrogen) atoms. The first-order valence-electron chi connectivity index (χ1n) is 9.88. The lowest BCUT2D eigenvalue weighted by atomic mass is 9.99. The van der Waals surface area contributed by atoms with Gasteiger partial charge in [-0.2, -0.15) is 0 Å². The van der Waals surface area contributed by atoms with Crippen molar-refractivity contribution < 1.29 is 0 Å². The molecule has 0 bridgehead atoms. The van der Waals surface area contributed by atoms with Gasteiger partial charge in [-0.1, -0.05) is 109 Å². The molecule has 0 spiro atoms. The van der Waals surface area contributed by atoms with Gasteiger partial charge in [0.25, 0.3) is 0 Å². The van der Waals surface area contributed by atoms with Crippen LogP contribution >= 0.6 is 0 Å². The van der Waals surface area contributed by atoms with Gasteiger partial charge in [0.2, 0.25) is 0 Å². The molecule has 0 aliphatic rings. The average Bonchev–Trinajstić information content (AvgIpc) is 2.80. The Labute approximate surface area is 171 Å². The summed E-state index contributed by atoms with van der Waals surface area (Å²) in [6.07, 6.45) is 0. The van der Waals surface area contributed by atoms with Crippen molar-refractivity contribution in [1.29, 1.82) is 0 Å². The van der Waals surface area contributed by atoms with Gasteiger partial charge in [-0.3, -0.25) is 0 Å². The highest BCUT2D eigenvalue weighted by molar-refractivity contribution is 5.96. The van der Waals surface area contributed by atoms with E-state index in [0.29, 0.717) is 0 Å². The van der Waals surface area contributed by atoms with Crippen molar-refractivity contribution in [2.75, 3.05) is 5.32 Å². The number of hydrogen-bond donors (Lipinski definition) is 1. The van der Waals surface area contributed by atoms with Gasteiger partial charge >= 0.3 is 0 Å². The third-order valence-corrected chi connectivity index (χ3v) is 5.29. The highest BCUT2D eigenvalue weighted by Crippen LogP contribution is 2.34. The molecule has 5 rings (SSSR count). The zero-order valence-corrected chi connectivity index (χ0v) is 16.0. The van der Waals surface area contributed by atoms with Gasteiger partial charge in [-0.15, -0.1) is 0 Å². The molecule has 0 aromatic heterocycles. The van der Waals surface area contributed by atoms with Crippen LogP contribution in [-0.4, -0.2) is 0 Å². The lowest BCUT2D eigenvalue weighted by Crippen LogP contribution is -1.94. The molecule has 5 aromatic rings. The smallest absolute Gasteiger partial charge is 0.0464 e. The fourth-order valence-corrected chi connectivity index (χ4v) is 3.80. The molecule has 0 fully saturated rings. The van der Waals surface area contributed by atoms with Crippen LogP contribution in [0.4, 0.5) is 11.4 Å². The van der Waals surface area contributed by atoms with Crippen molar-refractivity contribution in [3.8, 4) is 22.3 Å². The first-order valence-corrected chi connectivity index (χ1v) is 9.88. The van der Waals surface area contributed by atoms with Crippen LogP contribution in [0.15, 0.2) is 121 Å². The van der Waals surface area contributed by atoms with E-state index >= 15 is 0 Å². The number of para-hydroxylation sites is 1. The van der Waals surface area contributed by atoms with Crippen molar-refractivity contribution in [3.63, 3.8) is 0 Å². The molecular weight excluding hydrogens is 350 g/mol. The van der Waals surface area contributed by atoms with Crippen molar-refractivity contribution in [2.24, 2.45) is 0 Å². The minimum atomic E-state index is 1.11. The van der Waals surface area contributed by atoms with Gasteiger partial charge < -0.3 is 5.32 Å². The number of fused-ring (bicyclic) bond motifs is 1. The molecule has 1 nitrogen and oxygen atoms in total. The van der Waals surface area contributed by atoms with Crippen molar-refractivity contribution >= 4 is 22.1 Å². The third kappa shape index (κ3) is 3.51. The number of rotatable bonds is 4. The molecule has 0 unspecified atom stereocenters. The standard InChI is InChI=1S/C28H21N/c1-2-9-21(10-3-1)22-17-19-24(20-18-22)26-14-6-7-15-27(26)29-28-16-8-12-23-11-4-5-13-25(23)28/h1-20,29H. The molecule has 0 amide bonds. The summed E-state index contributed by atoms with van der Waals surface area (Å²) >= 11 is 0. The number of anilines is 2. The Hall–Kier alpha value is -3.84. The van der Waals surface area contributed by atoms with Crippen molar-refractivity contribution in [3.05, 3.63) is 121 Å². The van der Waals surface area contributed by atoms with Gasteiger partial charge in [0.05, 0.1) is 0 Å². The normalized spacial score (nSPS) is 10.8. The van der Waals surface area contributed by atoms with E-state index in [9.17, 15) is 0 Å². The van der Waals surface area contributed by atoms with Crippen LogP contribution < -0.4 is 5.32 Å². The lowest BCUT2D eigenvalue weighted by molar-refractivity contribution is 1.54. The van der Waals surface area contributed by atoms with E-state index in [1.165, 1.54) is 33.0 Å². The Morgan fingerprint density at radius 1 is 0.379 bits per heavy atom. The Morgan fingerprint density at radius 3 is 1.83 bits per heavy atom. The number of hydrogen-bond acceptors (Lipinski definition) is 1. The summed E-state index contributed by atoms with van der Waals surface area (Å²) in [6, 6.07) is 42.6. The van der Waals surface area contributed by atoms with Crippen molar-refractivity contribution in [2.45, 2.75) is 0 Å². The maximum absolute atomic E-state index is 3.66. The molecule has 0 atom stereocenters. The first-order chi connectivity index (χ1) is 14.4. The summed E-state index contributed by atoms with van der Waals surface area (Å²) in [5.74, 6) is 0. The zero-order chi connectivity index (χ0) is 19.5. The molecule has 0 aliphatic carbocycles. The average molecular weight is 371 g/mol. The molecular formula is C28H21N. The van der Waals surface area contributed by atoms with E-state index < -0.39 is 0 Å². The van der Waals surface area contributed by atoms with Crippen LogP contribution in [-0.2, 0) is 0 Å². The fourth-order valence-electron chi connectivity index (χ4n) is 3.80. The largest absolute Gasteiger partial charge is 0.355 e. The second-order valence-electron chi connectivity index (χ2n) is 7.14. The van der Waals surface area contributed by atoms with Crippen LogP contribution in [0.1, 0.15) is 0 Å². The second kappa shape index (κ2) is 7.65. The van der Waals surface area contributed by atoms with Crippen molar-refractivity contribution in [1.82, 2.24) is 0 Å². The van der Waals surface area contributed by atoms with Gasteiger partial charge in [0.1, 0.15) is 0 Å². The molecule has 5 aromatic carbocycles. The Morgan fingerprint density at radius 2 is 0.966 bits per heavy atom. The molecule has 0 aliphatic heterocycles. The molecule has 0 saturated heterocycles. The quantitative estimate of drug-likeness (QED) is 0.338. The predicted molar refractivity (Wildman–Crippen MR) is 125 cm³/mol. The molecule has 0 radical (unpaired) electrons. The molecule has 0 heterocycles. The van der Waals surface area contributed by atoms with Crippen LogP contribution in [0.25, 0.3) is 33.0 Å². The molecule has 1 N–H and O–H groups in total. The minimum absolute atomic E-state index is 1.11. The minimum Gasteiger partial charge on any atom is -0.355 e.